The third-order valence-electron chi connectivity index (χ3n) is 3.80. The molecule has 0 radical (unpaired) electrons. The van der Waals surface area contributed by atoms with E-state index in [1.165, 1.54) is 28.5 Å². The number of nitriles is 1. The second-order valence-electron chi connectivity index (χ2n) is 5.97. The lowest BCUT2D eigenvalue weighted by molar-refractivity contribution is 0.0937. The van der Waals surface area contributed by atoms with Gasteiger partial charge in [0.25, 0.3) is 5.91 Å². The fraction of sp³-hybridized carbons (Fsp3) is 0.167. The van der Waals surface area contributed by atoms with Gasteiger partial charge in [-0.15, -0.1) is 0 Å². The Hall–Kier alpha value is -2.16. The number of benzene rings is 1. The number of rotatable bonds is 7. The summed E-state index contributed by atoms with van der Waals surface area (Å²) < 4.78 is 7.57. The van der Waals surface area contributed by atoms with Crippen LogP contribution in [0.25, 0.3) is 5.13 Å². The normalized spacial score (nSPS) is 11.5. The predicted molar refractivity (Wildman–Crippen MR) is 122 cm³/mol. The lowest BCUT2D eigenvalue weighted by Gasteiger charge is -2.14. The van der Waals surface area contributed by atoms with Crippen LogP contribution in [0.3, 0.4) is 0 Å². The summed E-state index contributed by atoms with van der Waals surface area (Å²) in [7, 11) is 0. The number of amides is 1. The van der Waals surface area contributed by atoms with Crippen LogP contribution >= 0.6 is 62.1 Å². The molecule has 1 aromatic carbocycles. The fourth-order valence-corrected chi connectivity index (χ4v) is 3.75. The van der Waals surface area contributed by atoms with Crippen molar-refractivity contribution in [3.63, 3.8) is 0 Å². The molecule has 160 valence electrons. The van der Waals surface area contributed by atoms with Crippen LogP contribution in [-0.4, -0.2) is 32.3 Å². The van der Waals surface area contributed by atoms with Crippen molar-refractivity contribution in [2.45, 2.75) is 13.0 Å². The molecule has 0 aliphatic carbocycles. The topological polar surface area (TPSA) is 106 Å². The molecule has 0 spiro atoms. The number of thiazole rings is 1. The molecule has 2 heterocycles. The predicted octanol–water partition coefficient (Wildman–Crippen LogP) is 5.11. The van der Waals surface area contributed by atoms with Gasteiger partial charge in [0.1, 0.15) is 34.1 Å². The molecule has 0 bridgehead atoms. The van der Waals surface area contributed by atoms with Crippen LogP contribution in [0.4, 0.5) is 0 Å². The number of aromatic nitrogens is 4. The van der Waals surface area contributed by atoms with Gasteiger partial charge in [0.2, 0.25) is 5.13 Å². The maximum atomic E-state index is 12.8. The largest absolute Gasteiger partial charge is 0.488 e. The van der Waals surface area contributed by atoms with Gasteiger partial charge in [0, 0.05) is 10.0 Å². The third-order valence-corrected chi connectivity index (χ3v) is 6.08. The van der Waals surface area contributed by atoms with Gasteiger partial charge in [0.15, 0.2) is 5.82 Å². The molecule has 0 saturated carbocycles. The minimum absolute atomic E-state index is 0.0423. The molecule has 8 nitrogen and oxygen atoms in total. The minimum Gasteiger partial charge on any atom is -0.488 e. The summed E-state index contributed by atoms with van der Waals surface area (Å²) >= 11 is 21.6. The fourth-order valence-electron chi connectivity index (χ4n) is 2.43. The standard InChI is InChI=1S/C18H12BrCl3N6O2S/c1-9(16-25-8-26-28(16)18-24-6-13(5-23)31-18)27-17(29)10-2-11(19)4-12(3-10)30-7-14(20)15(21)22/h2-4,6,8-9H,7H2,1H3,(H,27,29). The van der Waals surface area contributed by atoms with E-state index in [0.29, 0.717) is 31.6 Å². The second kappa shape index (κ2) is 10.4. The van der Waals surface area contributed by atoms with E-state index in [-0.39, 0.29) is 22.0 Å². The van der Waals surface area contributed by atoms with Crippen molar-refractivity contribution in [1.82, 2.24) is 25.1 Å². The Morgan fingerprint density at radius 3 is 2.81 bits per heavy atom. The Morgan fingerprint density at radius 2 is 2.13 bits per heavy atom. The Labute approximate surface area is 204 Å². The molecular formula is C18H12BrCl3N6O2S. The number of carbonyl (C=O) groups excluding carboxylic acids is 1. The van der Waals surface area contributed by atoms with E-state index in [1.54, 1.807) is 25.1 Å². The van der Waals surface area contributed by atoms with E-state index in [9.17, 15) is 4.79 Å². The first-order chi connectivity index (χ1) is 14.8. The van der Waals surface area contributed by atoms with Crippen molar-refractivity contribution in [2.75, 3.05) is 6.61 Å². The number of carbonyl (C=O) groups is 1. The highest BCUT2D eigenvalue weighted by Gasteiger charge is 2.20. The van der Waals surface area contributed by atoms with Crippen LogP contribution in [0, 0.1) is 11.3 Å². The number of ether oxygens (including phenoxy) is 1. The van der Waals surface area contributed by atoms with Gasteiger partial charge in [-0.1, -0.05) is 62.1 Å². The molecule has 3 rings (SSSR count). The van der Waals surface area contributed by atoms with Crippen LogP contribution < -0.4 is 10.1 Å². The second-order valence-corrected chi connectivity index (χ2v) is 9.30. The molecule has 0 saturated heterocycles. The first-order valence-electron chi connectivity index (χ1n) is 8.48. The first kappa shape index (κ1) is 23.5. The number of halogens is 4. The molecule has 1 amide bonds. The van der Waals surface area contributed by atoms with E-state index in [0.717, 1.165) is 0 Å². The lowest BCUT2D eigenvalue weighted by Crippen LogP contribution is -2.28. The summed E-state index contributed by atoms with van der Waals surface area (Å²) in [6.07, 6.45) is 2.81. The summed E-state index contributed by atoms with van der Waals surface area (Å²) in [5.74, 6) is 0.504. The molecule has 31 heavy (non-hydrogen) atoms. The zero-order valence-electron chi connectivity index (χ0n) is 15.6. The summed E-state index contributed by atoms with van der Waals surface area (Å²) in [6, 6.07) is 6.41. The average Bonchev–Trinajstić information content (AvgIpc) is 3.40. The summed E-state index contributed by atoms with van der Waals surface area (Å²) in [5, 5.41) is 16.6. The first-order valence-corrected chi connectivity index (χ1v) is 11.2. The van der Waals surface area contributed by atoms with Crippen molar-refractivity contribution in [1.29, 1.82) is 5.26 Å². The highest BCUT2D eigenvalue weighted by atomic mass is 79.9. The molecule has 1 unspecified atom stereocenters. The number of hydrogen-bond donors (Lipinski definition) is 1. The zero-order valence-corrected chi connectivity index (χ0v) is 20.3. The van der Waals surface area contributed by atoms with Gasteiger partial charge in [-0.05, 0) is 25.1 Å². The minimum atomic E-state index is -0.500. The van der Waals surface area contributed by atoms with Gasteiger partial charge in [-0.25, -0.2) is 9.97 Å². The molecule has 0 aliphatic heterocycles. The van der Waals surface area contributed by atoms with Crippen LogP contribution in [0.2, 0.25) is 0 Å². The highest BCUT2D eigenvalue weighted by molar-refractivity contribution is 9.10. The van der Waals surface area contributed by atoms with Gasteiger partial charge >= 0.3 is 0 Å². The molecule has 0 fully saturated rings. The van der Waals surface area contributed by atoms with Crippen molar-refractivity contribution in [2.24, 2.45) is 0 Å². The van der Waals surface area contributed by atoms with E-state index >= 15 is 0 Å². The Kier molecular flexibility index (Phi) is 7.91. The van der Waals surface area contributed by atoms with Crippen molar-refractivity contribution in [3.8, 4) is 17.0 Å². The smallest absolute Gasteiger partial charge is 0.252 e. The van der Waals surface area contributed by atoms with E-state index in [1.807, 2.05) is 6.07 Å². The third kappa shape index (κ3) is 5.96. The number of hydrogen-bond acceptors (Lipinski definition) is 7. The maximum absolute atomic E-state index is 12.8. The molecule has 2 aromatic heterocycles. The van der Waals surface area contributed by atoms with Crippen molar-refractivity contribution < 1.29 is 9.53 Å². The van der Waals surface area contributed by atoms with Gasteiger partial charge in [-0.3, -0.25) is 4.79 Å². The molecular weight excluding hydrogens is 551 g/mol. The zero-order chi connectivity index (χ0) is 22.5. The van der Waals surface area contributed by atoms with Crippen molar-refractivity contribution >= 4 is 68.0 Å². The maximum Gasteiger partial charge on any atom is 0.252 e. The van der Waals surface area contributed by atoms with E-state index in [4.69, 9.17) is 44.8 Å². The Balaban J connectivity index is 1.76. The molecule has 1 atom stereocenters. The number of nitrogens with zero attached hydrogens (tertiary/aromatic N) is 5. The van der Waals surface area contributed by atoms with E-state index in [2.05, 4.69) is 36.3 Å². The van der Waals surface area contributed by atoms with Crippen LogP contribution in [-0.2, 0) is 0 Å². The van der Waals surface area contributed by atoms with Gasteiger partial charge < -0.3 is 10.1 Å². The van der Waals surface area contributed by atoms with E-state index < -0.39 is 6.04 Å². The molecule has 1 N–H and O–H groups in total. The Bertz CT molecular complexity index is 1190. The quantitative estimate of drug-likeness (QED) is 0.429. The van der Waals surface area contributed by atoms with Crippen LogP contribution in [0.5, 0.6) is 5.75 Å². The molecule has 3 aromatic rings. The monoisotopic (exact) mass is 560 g/mol. The van der Waals surface area contributed by atoms with Crippen LogP contribution in [0.15, 0.2) is 44.7 Å². The summed E-state index contributed by atoms with van der Waals surface area (Å²) in [5.41, 5.74) is 0.348. The average molecular weight is 563 g/mol. The van der Waals surface area contributed by atoms with Gasteiger partial charge in [0.05, 0.1) is 17.3 Å². The van der Waals surface area contributed by atoms with Crippen LogP contribution in [0.1, 0.15) is 34.0 Å². The van der Waals surface area contributed by atoms with Crippen molar-refractivity contribution in [3.05, 3.63) is 61.0 Å². The molecule has 13 heteroatoms. The summed E-state index contributed by atoms with van der Waals surface area (Å²) in [4.78, 5) is 21.7. The lowest BCUT2D eigenvalue weighted by atomic mass is 10.2. The number of nitrogens with one attached hydrogen (secondary N) is 1. The molecule has 0 aliphatic rings. The SMILES string of the molecule is CC(NC(=O)c1cc(Br)cc(OCC(Cl)=C(Cl)Cl)c1)c1ncnn1-c1ncc(C#N)s1. The van der Waals surface area contributed by atoms with Gasteiger partial charge in [-0.2, -0.15) is 15.0 Å². The highest BCUT2D eigenvalue weighted by Crippen LogP contribution is 2.25. The summed E-state index contributed by atoms with van der Waals surface area (Å²) in [6.45, 7) is 1.72. The Morgan fingerprint density at radius 1 is 1.35 bits per heavy atom.